The van der Waals surface area contributed by atoms with Crippen LogP contribution in [0.2, 0.25) is 0 Å². The van der Waals surface area contributed by atoms with Crippen LogP contribution in [0.25, 0.3) is 0 Å². The van der Waals surface area contributed by atoms with Gasteiger partial charge in [0.15, 0.2) is 0 Å². The summed E-state index contributed by atoms with van der Waals surface area (Å²) in [5.74, 6) is -0.400. The van der Waals surface area contributed by atoms with Gasteiger partial charge in [0, 0.05) is 16.9 Å². The van der Waals surface area contributed by atoms with Crippen LogP contribution in [0.4, 0.5) is 11.4 Å². The molecule has 3 aromatic rings. The number of anilines is 2. The van der Waals surface area contributed by atoms with Crippen LogP contribution in [0.1, 0.15) is 10.4 Å². The van der Waals surface area contributed by atoms with E-state index in [2.05, 4.69) is 0 Å². The molecule has 3 aromatic carbocycles. The van der Waals surface area contributed by atoms with E-state index in [4.69, 9.17) is 0 Å². The zero-order valence-electron chi connectivity index (χ0n) is 13.1. The Morgan fingerprint density at radius 2 is 1.28 bits per heavy atom. The molecule has 0 heterocycles. The average Bonchev–Trinajstić information content (AvgIpc) is 2.63. The highest BCUT2D eigenvalue weighted by Crippen LogP contribution is 2.27. The number of amides is 1. The predicted octanol–water partition coefficient (Wildman–Crippen LogP) is 3.91. The lowest BCUT2D eigenvalue weighted by Gasteiger charge is -2.23. The Balaban J connectivity index is 2.10. The van der Waals surface area contributed by atoms with E-state index in [0.717, 1.165) is 6.07 Å². The largest absolute Gasteiger partial charge is 0.294 e. The van der Waals surface area contributed by atoms with Crippen molar-refractivity contribution in [3.05, 3.63) is 90.5 Å². The Kier molecular flexibility index (Phi) is 4.65. The molecule has 0 aromatic heterocycles. The van der Waals surface area contributed by atoms with Crippen molar-refractivity contribution in [3.63, 3.8) is 0 Å². The van der Waals surface area contributed by atoms with E-state index < -0.39 is 16.0 Å². The Bertz CT molecular complexity index is 947. The van der Waals surface area contributed by atoms with E-state index in [-0.39, 0.29) is 10.5 Å². The number of hydrogen-bond donors (Lipinski definition) is 1. The smallest absolute Gasteiger partial charge is 0.282 e. The maximum atomic E-state index is 13.1. The quantitative estimate of drug-likeness (QED) is 0.722. The second-order valence-corrected chi connectivity index (χ2v) is 6.74. The van der Waals surface area contributed by atoms with E-state index in [1.807, 2.05) is 36.4 Å². The van der Waals surface area contributed by atoms with Crippen LogP contribution in [-0.4, -0.2) is 18.9 Å². The molecule has 0 aliphatic carbocycles. The molecule has 1 N–H and O–H groups in total. The first kappa shape index (κ1) is 16.9. The van der Waals surface area contributed by atoms with Crippen molar-refractivity contribution in [1.82, 2.24) is 0 Å². The van der Waals surface area contributed by atoms with E-state index in [1.165, 1.54) is 23.1 Å². The zero-order valence-corrected chi connectivity index (χ0v) is 13.9. The fraction of sp³-hybridized carbons (Fsp3) is 0. The fourth-order valence-electron chi connectivity index (χ4n) is 2.46. The summed E-state index contributed by atoms with van der Waals surface area (Å²) < 4.78 is 31.9. The molecule has 1 amide bonds. The summed E-state index contributed by atoms with van der Waals surface area (Å²) in [6, 6.07) is 23.4. The molecular formula is C19H15NO4S. The summed E-state index contributed by atoms with van der Waals surface area (Å²) in [5, 5.41) is 0. The topological polar surface area (TPSA) is 74.7 Å². The predicted molar refractivity (Wildman–Crippen MR) is 95.6 cm³/mol. The van der Waals surface area contributed by atoms with Gasteiger partial charge in [-0.15, -0.1) is 0 Å². The molecule has 25 heavy (non-hydrogen) atoms. The second kappa shape index (κ2) is 6.88. The van der Waals surface area contributed by atoms with E-state index in [9.17, 15) is 17.8 Å². The van der Waals surface area contributed by atoms with Gasteiger partial charge in [0.25, 0.3) is 16.0 Å². The molecule has 6 heteroatoms. The summed E-state index contributed by atoms with van der Waals surface area (Å²) >= 11 is 0. The minimum Gasteiger partial charge on any atom is -0.282 e. The highest BCUT2D eigenvalue weighted by atomic mass is 32.2. The van der Waals surface area contributed by atoms with E-state index in [1.54, 1.807) is 24.3 Å². The van der Waals surface area contributed by atoms with Crippen LogP contribution in [0.15, 0.2) is 89.8 Å². The number of carbonyl (C=O) groups is 1. The van der Waals surface area contributed by atoms with Gasteiger partial charge in [-0.05, 0) is 42.5 Å². The third kappa shape index (κ3) is 3.76. The molecule has 0 saturated heterocycles. The summed E-state index contributed by atoms with van der Waals surface area (Å²) in [7, 11) is -4.38. The van der Waals surface area contributed by atoms with Crippen LogP contribution in [0.5, 0.6) is 0 Å². The molecule has 0 spiro atoms. The lowest BCUT2D eigenvalue weighted by Crippen LogP contribution is -2.26. The Hall–Kier alpha value is -2.96. The van der Waals surface area contributed by atoms with Crippen LogP contribution >= 0.6 is 0 Å². The minimum absolute atomic E-state index is 0.155. The maximum absolute atomic E-state index is 13.1. The number of carbonyl (C=O) groups excluding carboxylic acids is 1. The van der Waals surface area contributed by atoms with Crippen LogP contribution in [0.3, 0.4) is 0 Å². The summed E-state index contributed by atoms with van der Waals surface area (Å²) in [6.45, 7) is 0. The average molecular weight is 353 g/mol. The van der Waals surface area contributed by atoms with Crippen molar-refractivity contribution in [2.24, 2.45) is 0 Å². The molecule has 0 radical (unpaired) electrons. The van der Waals surface area contributed by atoms with Gasteiger partial charge in [-0.25, -0.2) is 0 Å². The maximum Gasteiger partial charge on any atom is 0.294 e. The first-order chi connectivity index (χ1) is 12.0. The molecule has 0 unspecified atom stereocenters. The second-order valence-electron chi connectivity index (χ2n) is 5.31. The Morgan fingerprint density at radius 3 is 1.76 bits per heavy atom. The molecule has 0 saturated carbocycles. The third-order valence-electron chi connectivity index (χ3n) is 3.61. The molecule has 3 rings (SSSR count). The van der Waals surface area contributed by atoms with Crippen LogP contribution in [0, 0.1) is 0 Å². The Labute approximate surface area is 145 Å². The third-order valence-corrected chi connectivity index (χ3v) is 4.46. The summed E-state index contributed by atoms with van der Waals surface area (Å²) in [6.07, 6.45) is 0. The van der Waals surface area contributed by atoms with Crippen molar-refractivity contribution in [2.75, 3.05) is 4.90 Å². The molecule has 5 nitrogen and oxygen atoms in total. The van der Waals surface area contributed by atoms with Crippen LogP contribution in [-0.2, 0) is 10.1 Å². The van der Waals surface area contributed by atoms with Crippen molar-refractivity contribution < 1.29 is 17.8 Å². The summed E-state index contributed by atoms with van der Waals surface area (Å²) in [5.41, 5.74) is 1.45. The zero-order chi connectivity index (χ0) is 17.9. The van der Waals surface area contributed by atoms with E-state index in [0.29, 0.717) is 11.4 Å². The molecule has 0 atom stereocenters. The monoisotopic (exact) mass is 353 g/mol. The SMILES string of the molecule is O=C(c1cccc(S(=O)(=O)O)c1)N(c1ccccc1)c1ccccc1. The van der Waals surface area contributed by atoms with Gasteiger partial charge in [-0.1, -0.05) is 42.5 Å². The molecule has 0 bridgehead atoms. The van der Waals surface area contributed by atoms with Crippen molar-refractivity contribution in [3.8, 4) is 0 Å². The normalized spacial score (nSPS) is 11.1. The van der Waals surface area contributed by atoms with Gasteiger partial charge in [0.1, 0.15) is 0 Å². The fourth-order valence-corrected chi connectivity index (χ4v) is 2.98. The lowest BCUT2D eigenvalue weighted by molar-refractivity contribution is 0.0999. The first-order valence-electron chi connectivity index (χ1n) is 7.49. The highest BCUT2D eigenvalue weighted by molar-refractivity contribution is 7.85. The number of benzene rings is 3. The molecule has 0 aliphatic rings. The highest BCUT2D eigenvalue weighted by Gasteiger charge is 2.21. The number of hydrogen-bond acceptors (Lipinski definition) is 3. The van der Waals surface area contributed by atoms with Crippen molar-refractivity contribution in [1.29, 1.82) is 0 Å². The van der Waals surface area contributed by atoms with Gasteiger partial charge < -0.3 is 0 Å². The molecular weight excluding hydrogens is 338 g/mol. The summed E-state index contributed by atoms with van der Waals surface area (Å²) in [4.78, 5) is 14.2. The van der Waals surface area contributed by atoms with Gasteiger partial charge in [0.05, 0.1) is 4.90 Å². The minimum atomic E-state index is -4.38. The standard InChI is InChI=1S/C19H15NO4S/c21-19(15-8-7-13-18(14-15)25(22,23)24)20(16-9-3-1-4-10-16)17-11-5-2-6-12-17/h1-14H,(H,22,23,24). The van der Waals surface area contributed by atoms with Gasteiger partial charge in [-0.2, -0.15) is 8.42 Å². The number of para-hydroxylation sites is 2. The number of nitrogens with zero attached hydrogens (tertiary/aromatic N) is 1. The molecule has 0 fully saturated rings. The molecule has 126 valence electrons. The van der Waals surface area contributed by atoms with Gasteiger partial charge >= 0.3 is 0 Å². The van der Waals surface area contributed by atoms with Gasteiger partial charge in [-0.3, -0.25) is 14.2 Å². The molecule has 0 aliphatic heterocycles. The van der Waals surface area contributed by atoms with Crippen molar-refractivity contribution >= 4 is 27.4 Å². The lowest BCUT2D eigenvalue weighted by atomic mass is 10.1. The van der Waals surface area contributed by atoms with E-state index >= 15 is 0 Å². The van der Waals surface area contributed by atoms with Gasteiger partial charge in [0.2, 0.25) is 0 Å². The number of rotatable bonds is 4. The Morgan fingerprint density at radius 1 is 0.760 bits per heavy atom. The van der Waals surface area contributed by atoms with Crippen molar-refractivity contribution in [2.45, 2.75) is 4.90 Å². The first-order valence-corrected chi connectivity index (χ1v) is 8.93. The van der Waals surface area contributed by atoms with Crippen LogP contribution < -0.4 is 4.90 Å².